The summed E-state index contributed by atoms with van der Waals surface area (Å²) >= 11 is 0. The summed E-state index contributed by atoms with van der Waals surface area (Å²) < 4.78 is 10.8. The van der Waals surface area contributed by atoms with E-state index >= 15 is 0 Å². The lowest BCUT2D eigenvalue weighted by Gasteiger charge is -2.34. The number of hydrogen-bond acceptors (Lipinski definition) is 3. The molecule has 1 atom stereocenters. The largest absolute Gasteiger partial charge is 0.497 e. The van der Waals surface area contributed by atoms with E-state index < -0.39 is 0 Å². The lowest BCUT2D eigenvalue weighted by atomic mass is 9.71. The summed E-state index contributed by atoms with van der Waals surface area (Å²) in [5.41, 5.74) is 7.05. The first kappa shape index (κ1) is 13.2. The molecule has 0 aliphatic heterocycles. The summed E-state index contributed by atoms with van der Waals surface area (Å²) in [6.45, 7) is 0.732. The average Bonchev–Trinajstić information content (AvgIpc) is 2.35. The average molecular weight is 249 g/mol. The zero-order valence-corrected chi connectivity index (χ0v) is 11.3. The first-order valence-corrected chi connectivity index (χ1v) is 6.72. The molecule has 100 valence electrons. The van der Waals surface area contributed by atoms with Crippen molar-refractivity contribution < 1.29 is 9.47 Å². The monoisotopic (exact) mass is 249 g/mol. The van der Waals surface area contributed by atoms with Crippen molar-refractivity contribution in [3.05, 3.63) is 23.8 Å². The van der Waals surface area contributed by atoms with Gasteiger partial charge in [-0.05, 0) is 49.3 Å². The molecule has 18 heavy (non-hydrogen) atoms. The SMILES string of the molecule is COc1ccc(C(CCN)C2CCC2)c(OC)c1. The summed E-state index contributed by atoms with van der Waals surface area (Å²) in [5, 5.41) is 0. The minimum absolute atomic E-state index is 0.532. The van der Waals surface area contributed by atoms with Gasteiger partial charge >= 0.3 is 0 Å². The van der Waals surface area contributed by atoms with Crippen LogP contribution in [0.4, 0.5) is 0 Å². The number of methoxy groups -OCH3 is 2. The molecule has 3 nitrogen and oxygen atoms in total. The second kappa shape index (κ2) is 6.10. The molecule has 1 aliphatic rings. The molecule has 1 aromatic carbocycles. The van der Waals surface area contributed by atoms with Gasteiger partial charge in [0.25, 0.3) is 0 Å². The molecule has 0 bridgehead atoms. The molecule has 0 heterocycles. The maximum absolute atomic E-state index is 5.77. The lowest BCUT2D eigenvalue weighted by molar-refractivity contribution is 0.248. The van der Waals surface area contributed by atoms with Gasteiger partial charge in [0.1, 0.15) is 11.5 Å². The Balaban J connectivity index is 2.27. The van der Waals surface area contributed by atoms with Crippen LogP contribution in [0.15, 0.2) is 18.2 Å². The van der Waals surface area contributed by atoms with Crippen molar-refractivity contribution in [1.82, 2.24) is 0 Å². The van der Waals surface area contributed by atoms with Gasteiger partial charge in [-0.25, -0.2) is 0 Å². The molecule has 2 rings (SSSR count). The summed E-state index contributed by atoms with van der Waals surface area (Å²) in [6, 6.07) is 6.12. The molecule has 1 aliphatic carbocycles. The van der Waals surface area contributed by atoms with Crippen LogP contribution in [-0.2, 0) is 0 Å². The molecule has 0 radical (unpaired) electrons. The molecule has 3 heteroatoms. The van der Waals surface area contributed by atoms with E-state index in [9.17, 15) is 0 Å². The number of hydrogen-bond donors (Lipinski definition) is 1. The Morgan fingerprint density at radius 2 is 2.06 bits per heavy atom. The van der Waals surface area contributed by atoms with Crippen LogP contribution in [0.1, 0.15) is 37.2 Å². The molecule has 0 amide bonds. The van der Waals surface area contributed by atoms with Crippen LogP contribution in [0.25, 0.3) is 0 Å². The van der Waals surface area contributed by atoms with E-state index in [1.807, 2.05) is 12.1 Å². The number of benzene rings is 1. The zero-order chi connectivity index (χ0) is 13.0. The fourth-order valence-corrected chi connectivity index (χ4v) is 2.79. The number of rotatable bonds is 6. The van der Waals surface area contributed by atoms with Crippen molar-refractivity contribution in [3.63, 3.8) is 0 Å². The van der Waals surface area contributed by atoms with Gasteiger partial charge in [0.15, 0.2) is 0 Å². The predicted molar refractivity (Wildman–Crippen MR) is 73.3 cm³/mol. The van der Waals surface area contributed by atoms with Gasteiger partial charge < -0.3 is 15.2 Å². The van der Waals surface area contributed by atoms with Gasteiger partial charge in [-0.1, -0.05) is 12.5 Å². The van der Waals surface area contributed by atoms with E-state index in [-0.39, 0.29) is 0 Å². The van der Waals surface area contributed by atoms with Gasteiger partial charge in [0, 0.05) is 6.07 Å². The quantitative estimate of drug-likeness (QED) is 0.843. The second-order valence-electron chi connectivity index (χ2n) is 4.98. The number of ether oxygens (including phenoxy) is 2. The van der Waals surface area contributed by atoms with E-state index in [2.05, 4.69) is 6.07 Å². The Hall–Kier alpha value is -1.22. The van der Waals surface area contributed by atoms with E-state index in [1.165, 1.54) is 24.8 Å². The maximum atomic E-state index is 5.77. The fourth-order valence-electron chi connectivity index (χ4n) is 2.79. The molecular formula is C15H23NO2. The highest BCUT2D eigenvalue weighted by atomic mass is 16.5. The molecule has 2 N–H and O–H groups in total. The van der Waals surface area contributed by atoms with Gasteiger partial charge in [0.05, 0.1) is 14.2 Å². The van der Waals surface area contributed by atoms with Crippen molar-refractivity contribution in [2.24, 2.45) is 11.7 Å². The van der Waals surface area contributed by atoms with Crippen molar-refractivity contribution in [2.45, 2.75) is 31.6 Å². The molecule has 0 aromatic heterocycles. The molecule has 1 saturated carbocycles. The Bertz CT molecular complexity index is 388. The van der Waals surface area contributed by atoms with E-state index in [0.717, 1.165) is 30.4 Å². The molecule has 1 aromatic rings. The fraction of sp³-hybridized carbons (Fsp3) is 0.600. The highest BCUT2D eigenvalue weighted by Gasteiger charge is 2.29. The Kier molecular flexibility index (Phi) is 4.48. The molecular weight excluding hydrogens is 226 g/mol. The van der Waals surface area contributed by atoms with Crippen LogP contribution in [0, 0.1) is 5.92 Å². The van der Waals surface area contributed by atoms with Crippen LogP contribution in [-0.4, -0.2) is 20.8 Å². The highest BCUT2D eigenvalue weighted by Crippen LogP contribution is 2.44. The van der Waals surface area contributed by atoms with E-state index in [1.54, 1.807) is 14.2 Å². The second-order valence-corrected chi connectivity index (χ2v) is 4.98. The Morgan fingerprint density at radius 3 is 2.56 bits per heavy atom. The van der Waals surface area contributed by atoms with E-state index in [4.69, 9.17) is 15.2 Å². The third-order valence-electron chi connectivity index (χ3n) is 4.04. The zero-order valence-electron chi connectivity index (χ0n) is 11.3. The topological polar surface area (TPSA) is 44.5 Å². The molecule has 1 fully saturated rings. The Labute approximate surface area is 109 Å². The summed E-state index contributed by atoms with van der Waals surface area (Å²) in [4.78, 5) is 0. The molecule has 0 saturated heterocycles. The summed E-state index contributed by atoms with van der Waals surface area (Å²) in [6.07, 6.45) is 5.03. The summed E-state index contributed by atoms with van der Waals surface area (Å²) in [7, 11) is 3.40. The lowest BCUT2D eigenvalue weighted by Crippen LogP contribution is -2.23. The smallest absolute Gasteiger partial charge is 0.126 e. The van der Waals surface area contributed by atoms with Crippen molar-refractivity contribution in [1.29, 1.82) is 0 Å². The minimum Gasteiger partial charge on any atom is -0.497 e. The molecule has 1 unspecified atom stereocenters. The molecule has 0 spiro atoms. The van der Waals surface area contributed by atoms with Gasteiger partial charge in [-0.15, -0.1) is 0 Å². The van der Waals surface area contributed by atoms with Gasteiger partial charge in [-0.2, -0.15) is 0 Å². The van der Waals surface area contributed by atoms with Crippen molar-refractivity contribution in [3.8, 4) is 11.5 Å². The van der Waals surface area contributed by atoms with Crippen LogP contribution in [0.3, 0.4) is 0 Å². The van der Waals surface area contributed by atoms with Crippen molar-refractivity contribution in [2.75, 3.05) is 20.8 Å². The Morgan fingerprint density at radius 1 is 1.28 bits per heavy atom. The first-order chi connectivity index (χ1) is 8.80. The van der Waals surface area contributed by atoms with E-state index in [0.29, 0.717) is 5.92 Å². The standard InChI is InChI=1S/C15H23NO2/c1-17-12-6-7-14(15(10-12)18-2)13(8-9-16)11-4-3-5-11/h6-7,10-11,13H,3-5,8-9,16H2,1-2H3. The highest BCUT2D eigenvalue weighted by molar-refractivity contribution is 5.43. The predicted octanol–water partition coefficient (Wildman–Crippen LogP) is 2.94. The summed E-state index contributed by atoms with van der Waals surface area (Å²) in [5.74, 6) is 3.08. The number of nitrogens with two attached hydrogens (primary N) is 1. The normalized spacial score (nSPS) is 17.1. The maximum Gasteiger partial charge on any atom is 0.126 e. The minimum atomic E-state index is 0.532. The van der Waals surface area contributed by atoms with Crippen LogP contribution < -0.4 is 15.2 Å². The van der Waals surface area contributed by atoms with Gasteiger partial charge in [-0.3, -0.25) is 0 Å². The van der Waals surface area contributed by atoms with Crippen LogP contribution >= 0.6 is 0 Å². The third kappa shape index (κ3) is 2.61. The van der Waals surface area contributed by atoms with Crippen molar-refractivity contribution >= 4 is 0 Å². The van der Waals surface area contributed by atoms with Gasteiger partial charge in [0.2, 0.25) is 0 Å². The van der Waals surface area contributed by atoms with Crippen LogP contribution in [0.5, 0.6) is 11.5 Å². The third-order valence-corrected chi connectivity index (χ3v) is 4.04. The first-order valence-electron chi connectivity index (χ1n) is 6.72. The van der Waals surface area contributed by atoms with Crippen LogP contribution in [0.2, 0.25) is 0 Å².